The summed E-state index contributed by atoms with van der Waals surface area (Å²) in [5.41, 5.74) is 4.89. The van der Waals surface area contributed by atoms with Crippen molar-refractivity contribution in [1.82, 2.24) is 10.4 Å². The maximum absolute atomic E-state index is 12.7. The minimum atomic E-state index is -0.823. The molecule has 1 heterocycles. The van der Waals surface area contributed by atoms with Crippen LogP contribution in [-0.4, -0.2) is 51.6 Å². The van der Waals surface area contributed by atoms with Gasteiger partial charge in [-0.1, -0.05) is 18.2 Å². The zero-order valence-electron chi connectivity index (χ0n) is 17.4. The predicted molar refractivity (Wildman–Crippen MR) is 113 cm³/mol. The molecule has 1 aromatic carbocycles. The van der Waals surface area contributed by atoms with E-state index in [9.17, 15) is 4.79 Å². The van der Waals surface area contributed by atoms with E-state index in [1.165, 1.54) is 7.11 Å². The molecule has 0 saturated heterocycles. The number of methoxy groups -OCH3 is 4. The number of nitrogens with zero attached hydrogens (tertiary/aromatic N) is 2. The number of aromatic nitrogens is 1. The van der Waals surface area contributed by atoms with E-state index in [0.29, 0.717) is 17.9 Å². The number of nitrogens with one attached hydrogen (secondary N) is 1. The van der Waals surface area contributed by atoms with E-state index < -0.39 is 6.10 Å². The van der Waals surface area contributed by atoms with Crippen LogP contribution in [0.25, 0.3) is 10.9 Å². The highest BCUT2D eigenvalue weighted by Crippen LogP contribution is 2.27. The molecule has 0 spiro atoms. The lowest BCUT2D eigenvalue weighted by Crippen LogP contribution is -2.27. The van der Waals surface area contributed by atoms with Gasteiger partial charge in [0.2, 0.25) is 0 Å². The van der Waals surface area contributed by atoms with Gasteiger partial charge in [0.25, 0.3) is 5.91 Å². The van der Waals surface area contributed by atoms with Gasteiger partial charge >= 0.3 is 0 Å². The Balaban J connectivity index is 1.76. The summed E-state index contributed by atoms with van der Waals surface area (Å²) in [4.78, 5) is 17.1. The van der Waals surface area contributed by atoms with E-state index in [0.717, 1.165) is 22.0 Å². The lowest BCUT2D eigenvalue weighted by atomic mass is 10.0. The van der Waals surface area contributed by atoms with Crippen molar-refractivity contribution in [1.29, 1.82) is 0 Å². The molecule has 0 fully saturated rings. The monoisotopic (exact) mass is 411 g/mol. The molecule has 0 radical (unpaired) electrons. The Kier molecular flexibility index (Phi) is 7.16. The molecule has 8 heteroatoms. The number of hydrazone groups is 1. The van der Waals surface area contributed by atoms with Crippen molar-refractivity contribution in [3.05, 3.63) is 65.3 Å². The number of amides is 1. The van der Waals surface area contributed by atoms with Crippen LogP contribution in [0.3, 0.4) is 0 Å². The number of allylic oxidation sites excluding steroid dienone is 1. The molecule has 30 heavy (non-hydrogen) atoms. The third-order valence-electron chi connectivity index (χ3n) is 4.84. The summed E-state index contributed by atoms with van der Waals surface area (Å²) in [7, 11) is 6.21. The number of carbonyl (C=O) groups excluding carboxylic acids is 1. The number of carbonyl (C=O) groups is 1. The van der Waals surface area contributed by atoms with Gasteiger partial charge < -0.3 is 18.9 Å². The summed E-state index contributed by atoms with van der Waals surface area (Å²) < 4.78 is 21.6. The van der Waals surface area contributed by atoms with Crippen LogP contribution in [0.5, 0.6) is 0 Å². The van der Waals surface area contributed by atoms with E-state index in [4.69, 9.17) is 18.9 Å². The first kappa shape index (κ1) is 21.5. The number of fused-ring (bicyclic) bond motifs is 1. The third kappa shape index (κ3) is 4.50. The lowest BCUT2D eigenvalue weighted by Gasteiger charge is -2.24. The SMILES string of the molecule is COC1=C(OC)C(OC)CC(/C=N/NC(=O)C(OC)c2cccc3ncccc23)=C1. The van der Waals surface area contributed by atoms with Gasteiger partial charge in [0.15, 0.2) is 17.6 Å². The minimum Gasteiger partial charge on any atom is -0.494 e. The van der Waals surface area contributed by atoms with Crippen LogP contribution >= 0.6 is 0 Å². The zero-order chi connectivity index (χ0) is 21.5. The summed E-state index contributed by atoms with van der Waals surface area (Å²) in [5.74, 6) is 0.788. The Bertz CT molecular complexity index is 994. The van der Waals surface area contributed by atoms with E-state index in [2.05, 4.69) is 15.5 Å². The molecule has 1 aromatic heterocycles. The van der Waals surface area contributed by atoms with Crippen LogP contribution < -0.4 is 5.43 Å². The molecule has 2 unspecified atom stereocenters. The van der Waals surface area contributed by atoms with Gasteiger partial charge in [0.05, 0.1) is 26.0 Å². The van der Waals surface area contributed by atoms with Gasteiger partial charge in [-0.05, 0) is 29.3 Å². The van der Waals surface area contributed by atoms with Gasteiger partial charge in [-0.15, -0.1) is 0 Å². The smallest absolute Gasteiger partial charge is 0.273 e. The second-order valence-corrected chi connectivity index (χ2v) is 6.55. The third-order valence-corrected chi connectivity index (χ3v) is 4.84. The lowest BCUT2D eigenvalue weighted by molar-refractivity contribution is -0.131. The predicted octanol–water partition coefficient (Wildman–Crippen LogP) is 2.87. The molecule has 0 bridgehead atoms. The summed E-state index contributed by atoms with van der Waals surface area (Å²) >= 11 is 0. The molecule has 2 atom stereocenters. The highest BCUT2D eigenvalue weighted by molar-refractivity contribution is 5.91. The number of pyridine rings is 1. The molecule has 1 aliphatic rings. The van der Waals surface area contributed by atoms with Crippen LogP contribution in [0.2, 0.25) is 0 Å². The van der Waals surface area contributed by atoms with Gasteiger partial charge in [-0.25, -0.2) is 5.43 Å². The Labute approximate surface area is 175 Å². The Morgan fingerprint density at radius 3 is 2.73 bits per heavy atom. The second-order valence-electron chi connectivity index (χ2n) is 6.55. The summed E-state index contributed by atoms with van der Waals surface area (Å²) in [6.45, 7) is 0. The van der Waals surface area contributed by atoms with Crippen LogP contribution in [0.1, 0.15) is 18.1 Å². The maximum Gasteiger partial charge on any atom is 0.273 e. The second kappa shape index (κ2) is 10.00. The first-order valence-corrected chi connectivity index (χ1v) is 9.37. The number of ether oxygens (including phenoxy) is 4. The number of rotatable bonds is 8. The van der Waals surface area contributed by atoms with Crippen molar-refractivity contribution in [3.63, 3.8) is 0 Å². The van der Waals surface area contributed by atoms with Crippen molar-refractivity contribution < 1.29 is 23.7 Å². The standard InChI is InChI=1S/C22H25N3O5/c1-27-18-11-14(12-19(28-2)21(18)30-4)13-24-25-22(26)20(29-3)16-7-5-9-17-15(16)8-6-10-23-17/h5-11,13,19-20H,12H2,1-4H3,(H,25,26)/b24-13+. The van der Waals surface area contributed by atoms with Crippen molar-refractivity contribution in [2.24, 2.45) is 5.10 Å². The first-order chi connectivity index (χ1) is 14.6. The van der Waals surface area contributed by atoms with E-state index >= 15 is 0 Å². The molecule has 3 rings (SSSR count). The number of benzene rings is 1. The van der Waals surface area contributed by atoms with Gasteiger partial charge in [0, 0.05) is 32.2 Å². The normalized spacial score (nSPS) is 17.7. The largest absolute Gasteiger partial charge is 0.494 e. The van der Waals surface area contributed by atoms with Crippen LogP contribution in [0, 0.1) is 0 Å². The molecule has 1 aliphatic carbocycles. The van der Waals surface area contributed by atoms with Gasteiger partial charge in [0.1, 0.15) is 6.10 Å². The van der Waals surface area contributed by atoms with E-state index in [1.54, 1.807) is 39.8 Å². The highest BCUT2D eigenvalue weighted by Gasteiger charge is 2.26. The zero-order valence-corrected chi connectivity index (χ0v) is 17.4. The molecular formula is C22H25N3O5. The highest BCUT2D eigenvalue weighted by atomic mass is 16.5. The maximum atomic E-state index is 12.7. The van der Waals surface area contributed by atoms with Gasteiger partial charge in [-0.3, -0.25) is 9.78 Å². The quantitative estimate of drug-likeness (QED) is 0.531. The molecule has 0 saturated carbocycles. The molecule has 1 N–H and O–H groups in total. The number of hydrogen-bond donors (Lipinski definition) is 1. The van der Waals surface area contributed by atoms with E-state index in [-0.39, 0.29) is 12.0 Å². The Morgan fingerprint density at radius 1 is 1.20 bits per heavy atom. The van der Waals surface area contributed by atoms with Crippen LogP contribution in [-0.2, 0) is 23.7 Å². The van der Waals surface area contributed by atoms with Crippen LogP contribution in [0.4, 0.5) is 0 Å². The summed E-state index contributed by atoms with van der Waals surface area (Å²) in [6.07, 6.45) is 4.50. The minimum absolute atomic E-state index is 0.290. The van der Waals surface area contributed by atoms with E-state index in [1.807, 2.05) is 30.3 Å². The fourth-order valence-electron chi connectivity index (χ4n) is 3.40. The first-order valence-electron chi connectivity index (χ1n) is 9.37. The molecule has 2 aromatic rings. The average molecular weight is 411 g/mol. The number of hydrogen-bond acceptors (Lipinski definition) is 7. The Morgan fingerprint density at radius 2 is 2.03 bits per heavy atom. The fraction of sp³-hybridized carbons (Fsp3) is 0.318. The molecule has 8 nitrogen and oxygen atoms in total. The Hall–Kier alpha value is -3.23. The van der Waals surface area contributed by atoms with Crippen LogP contribution in [0.15, 0.2) is 64.8 Å². The topological polar surface area (TPSA) is 91.3 Å². The summed E-state index contributed by atoms with van der Waals surface area (Å²) in [6, 6.07) is 9.31. The fourth-order valence-corrected chi connectivity index (χ4v) is 3.40. The van der Waals surface area contributed by atoms with Crippen molar-refractivity contribution in [3.8, 4) is 0 Å². The average Bonchev–Trinajstić information content (AvgIpc) is 2.79. The van der Waals surface area contributed by atoms with Gasteiger partial charge in [-0.2, -0.15) is 5.10 Å². The molecular weight excluding hydrogens is 386 g/mol. The molecule has 1 amide bonds. The molecule has 158 valence electrons. The summed E-state index contributed by atoms with van der Waals surface area (Å²) in [5, 5.41) is 4.95. The van der Waals surface area contributed by atoms with Crippen molar-refractivity contribution >= 4 is 23.0 Å². The van der Waals surface area contributed by atoms with Crippen molar-refractivity contribution in [2.45, 2.75) is 18.6 Å². The molecule has 0 aliphatic heterocycles. The van der Waals surface area contributed by atoms with Crippen molar-refractivity contribution in [2.75, 3.05) is 28.4 Å².